The molecule has 2 unspecified atom stereocenters. The van der Waals surface area contributed by atoms with Gasteiger partial charge in [0.2, 0.25) is 0 Å². The number of phosphoric acid groups is 1. The number of carbonyl (C=O) groups is 1. The van der Waals surface area contributed by atoms with Gasteiger partial charge in [0.05, 0.1) is 39.6 Å². The second-order valence-corrected chi connectivity index (χ2v) is 6.41. The summed E-state index contributed by atoms with van der Waals surface area (Å²) >= 11 is 0. The quantitative estimate of drug-likeness (QED) is 0.260. The molecule has 0 aliphatic rings. The van der Waals surface area contributed by atoms with Crippen molar-refractivity contribution in [2.45, 2.75) is 12.5 Å². The van der Waals surface area contributed by atoms with Gasteiger partial charge in [0, 0.05) is 27.9 Å². The molecular weight excluding hydrogens is 373 g/mol. The predicted molar refractivity (Wildman–Crippen MR) is 88.8 cm³/mol. The van der Waals surface area contributed by atoms with Crippen LogP contribution in [-0.4, -0.2) is 86.3 Å². The Hall–Kier alpha value is -0.780. The Bertz CT molecular complexity index is 398. The molecule has 26 heavy (non-hydrogen) atoms. The molecule has 0 aromatic rings. The molecule has 12 heteroatoms. The fraction of sp³-hybridized carbons (Fsp3) is 0.929. The second kappa shape index (κ2) is 16.4. The zero-order valence-corrected chi connectivity index (χ0v) is 16.4. The average Bonchev–Trinajstić information content (AvgIpc) is 2.62. The first-order valence-electron chi connectivity index (χ1n) is 8.04. The summed E-state index contributed by atoms with van der Waals surface area (Å²) in [6.07, 6.45) is -0.818. The van der Waals surface area contributed by atoms with Crippen LogP contribution in [0.1, 0.15) is 6.42 Å². The molecule has 0 aromatic carbocycles. The van der Waals surface area contributed by atoms with E-state index in [0.29, 0.717) is 26.4 Å². The molecule has 0 rings (SSSR count). The Morgan fingerprint density at radius 3 is 2.38 bits per heavy atom. The van der Waals surface area contributed by atoms with E-state index < -0.39 is 20.0 Å². The first-order chi connectivity index (χ1) is 12.4. The van der Waals surface area contributed by atoms with E-state index in [1.54, 1.807) is 14.2 Å². The molecule has 0 saturated carbocycles. The normalized spacial score (nSPS) is 14.6. The molecule has 0 bridgehead atoms. The van der Waals surface area contributed by atoms with Crippen LogP contribution in [0.3, 0.4) is 0 Å². The largest absolute Gasteiger partial charge is 0.756 e. The van der Waals surface area contributed by atoms with Crippen LogP contribution < -0.4 is 10.2 Å². The van der Waals surface area contributed by atoms with E-state index in [4.69, 9.17) is 23.7 Å². The standard InChI is InChI=1S/C14H30NO10P/c1-19-7-9-22-11-13(23-10-8-20-2)12-24-14(16)15-5-4-6-25-26(17,18)21-3/h13H,4-12H2,1-3H3,(H,15,16)(H,17,18)/p-1. The zero-order valence-electron chi connectivity index (χ0n) is 15.5. The van der Waals surface area contributed by atoms with E-state index >= 15 is 0 Å². The fourth-order valence-electron chi connectivity index (χ4n) is 1.51. The second-order valence-electron chi connectivity index (χ2n) is 4.90. The highest BCUT2D eigenvalue weighted by Gasteiger charge is 2.13. The first-order valence-corrected chi connectivity index (χ1v) is 9.50. The minimum atomic E-state index is -4.24. The summed E-state index contributed by atoms with van der Waals surface area (Å²) in [5.41, 5.74) is 0. The van der Waals surface area contributed by atoms with Crippen molar-refractivity contribution in [2.24, 2.45) is 0 Å². The van der Waals surface area contributed by atoms with Crippen LogP contribution >= 0.6 is 7.82 Å². The minimum absolute atomic E-state index is 0.00152. The maximum Gasteiger partial charge on any atom is 0.407 e. The van der Waals surface area contributed by atoms with Crippen LogP contribution in [0.4, 0.5) is 4.79 Å². The van der Waals surface area contributed by atoms with Crippen LogP contribution in [0.15, 0.2) is 0 Å². The van der Waals surface area contributed by atoms with E-state index in [1.807, 2.05) is 0 Å². The summed E-state index contributed by atoms with van der Waals surface area (Å²) in [5, 5.41) is 2.47. The van der Waals surface area contributed by atoms with Gasteiger partial charge < -0.3 is 42.9 Å². The Kier molecular flexibility index (Phi) is 15.9. The average molecular weight is 402 g/mol. The highest BCUT2D eigenvalue weighted by Crippen LogP contribution is 2.36. The van der Waals surface area contributed by atoms with Crippen LogP contribution in [0.5, 0.6) is 0 Å². The molecule has 0 aromatic heterocycles. The van der Waals surface area contributed by atoms with Gasteiger partial charge >= 0.3 is 6.09 Å². The number of methoxy groups -OCH3 is 2. The van der Waals surface area contributed by atoms with Crippen molar-refractivity contribution in [2.75, 3.05) is 74.1 Å². The summed E-state index contributed by atoms with van der Waals surface area (Å²) in [6.45, 7) is 1.92. The molecule has 1 N–H and O–H groups in total. The maximum atomic E-state index is 11.6. The smallest absolute Gasteiger partial charge is 0.407 e. The lowest BCUT2D eigenvalue weighted by Gasteiger charge is -2.20. The molecule has 0 heterocycles. The third-order valence-electron chi connectivity index (χ3n) is 2.84. The van der Waals surface area contributed by atoms with Gasteiger partial charge in [-0.1, -0.05) is 0 Å². The van der Waals surface area contributed by atoms with Crippen molar-refractivity contribution in [3.63, 3.8) is 0 Å². The number of rotatable bonds is 17. The van der Waals surface area contributed by atoms with Gasteiger partial charge in [0.25, 0.3) is 7.82 Å². The van der Waals surface area contributed by atoms with Crippen LogP contribution in [-0.2, 0) is 37.3 Å². The summed E-state index contributed by atoms with van der Waals surface area (Å²) in [4.78, 5) is 22.6. The SMILES string of the molecule is COCCOCC(COC(=O)NCCCOP(=O)([O-])OC)OCCOC. The number of hydrogen-bond acceptors (Lipinski definition) is 10. The van der Waals surface area contributed by atoms with Gasteiger partial charge in [-0.05, 0) is 6.42 Å². The monoisotopic (exact) mass is 402 g/mol. The highest BCUT2D eigenvalue weighted by molar-refractivity contribution is 7.45. The lowest BCUT2D eigenvalue weighted by atomic mass is 10.4. The van der Waals surface area contributed by atoms with Crippen molar-refractivity contribution in [1.82, 2.24) is 5.32 Å². The molecule has 0 aliphatic heterocycles. The highest BCUT2D eigenvalue weighted by atomic mass is 31.2. The summed E-state index contributed by atoms with van der Waals surface area (Å²) in [6, 6.07) is 0. The van der Waals surface area contributed by atoms with Gasteiger partial charge in [-0.2, -0.15) is 0 Å². The summed E-state index contributed by atoms with van der Waals surface area (Å²) in [5.74, 6) is 0. The predicted octanol–water partition coefficient (Wildman–Crippen LogP) is -0.0713. The molecule has 0 spiro atoms. The third-order valence-corrected chi connectivity index (χ3v) is 3.79. The molecular formula is C14H29NO10P-. The summed E-state index contributed by atoms with van der Waals surface area (Å²) < 4.78 is 45.3. The Balaban J connectivity index is 3.92. The van der Waals surface area contributed by atoms with E-state index in [1.165, 1.54) is 0 Å². The molecule has 0 saturated heterocycles. The molecule has 11 nitrogen and oxygen atoms in total. The van der Waals surface area contributed by atoms with Crippen LogP contribution in [0.25, 0.3) is 0 Å². The first kappa shape index (κ1) is 25.2. The molecule has 0 fully saturated rings. The summed E-state index contributed by atoms with van der Waals surface area (Å²) in [7, 11) is -0.105. The fourth-order valence-corrected chi connectivity index (χ4v) is 1.97. The topological polar surface area (TPSA) is 134 Å². The van der Waals surface area contributed by atoms with Gasteiger partial charge in [0.15, 0.2) is 0 Å². The van der Waals surface area contributed by atoms with Gasteiger partial charge in [-0.25, -0.2) is 4.79 Å². The Morgan fingerprint density at radius 2 is 1.73 bits per heavy atom. The molecule has 1 amide bonds. The Morgan fingerprint density at radius 1 is 1.04 bits per heavy atom. The molecule has 2 atom stereocenters. The van der Waals surface area contributed by atoms with Crippen molar-refractivity contribution >= 4 is 13.9 Å². The Labute approximate surface area is 153 Å². The minimum Gasteiger partial charge on any atom is -0.756 e. The van der Waals surface area contributed by atoms with Crippen LogP contribution in [0, 0.1) is 0 Å². The zero-order chi connectivity index (χ0) is 19.7. The van der Waals surface area contributed by atoms with Crippen molar-refractivity contribution in [3.8, 4) is 0 Å². The van der Waals surface area contributed by atoms with E-state index in [2.05, 4.69) is 14.4 Å². The lowest BCUT2D eigenvalue weighted by molar-refractivity contribution is -0.222. The van der Waals surface area contributed by atoms with Crippen LogP contribution in [0.2, 0.25) is 0 Å². The number of carbonyl (C=O) groups excluding carboxylic acids is 1. The number of nitrogens with one attached hydrogen (secondary N) is 1. The number of phosphoric ester groups is 1. The number of amides is 1. The van der Waals surface area contributed by atoms with Crippen molar-refractivity contribution in [1.29, 1.82) is 0 Å². The van der Waals surface area contributed by atoms with Gasteiger partial charge in [-0.3, -0.25) is 4.57 Å². The lowest BCUT2D eigenvalue weighted by Crippen LogP contribution is -2.33. The van der Waals surface area contributed by atoms with Crippen molar-refractivity contribution < 1.29 is 47.0 Å². The van der Waals surface area contributed by atoms with Gasteiger partial charge in [-0.15, -0.1) is 0 Å². The molecule has 156 valence electrons. The van der Waals surface area contributed by atoms with E-state index in [0.717, 1.165) is 7.11 Å². The maximum absolute atomic E-state index is 11.6. The molecule has 0 aliphatic carbocycles. The number of ether oxygens (including phenoxy) is 5. The number of hydrogen-bond donors (Lipinski definition) is 1. The number of alkyl carbamates (subject to hydrolysis) is 1. The van der Waals surface area contributed by atoms with Gasteiger partial charge in [0.1, 0.15) is 12.7 Å². The van der Waals surface area contributed by atoms with E-state index in [-0.39, 0.29) is 32.8 Å². The molecule has 0 radical (unpaired) electrons. The van der Waals surface area contributed by atoms with E-state index in [9.17, 15) is 14.3 Å². The van der Waals surface area contributed by atoms with Crippen molar-refractivity contribution in [3.05, 3.63) is 0 Å². The third kappa shape index (κ3) is 15.5.